The topological polar surface area (TPSA) is 49.5 Å². The van der Waals surface area contributed by atoms with E-state index in [9.17, 15) is 0 Å². The Morgan fingerprint density at radius 1 is 1.69 bits per heavy atom. The van der Waals surface area contributed by atoms with Crippen molar-refractivity contribution < 1.29 is 5.11 Å². The summed E-state index contributed by atoms with van der Waals surface area (Å²) in [6, 6.07) is 0.176. The predicted molar refractivity (Wildman–Crippen MR) is 58.0 cm³/mol. The highest BCUT2D eigenvalue weighted by atomic mass is 32.2. The van der Waals surface area contributed by atoms with Crippen molar-refractivity contribution >= 4 is 11.8 Å². The summed E-state index contributed by atoms with van der Waals surface area (Å²) in [6.07, 6.45) is 1.21. The molecule has 0 aliphatic carbocycles. The molecule has 4 heteroatoms. The van der Waals surface area contributed by atoms with Gasteiger partial charge in [0.05, 0.1) is 6.61 Å². The SMILES string of the molecule is CCC1CN(C(CN)CO)CCS1. The minimum atomic E-state index is 0.176. The fourth-order valence-electron chi connectivity index (χ4n) is 1.66. The summed E-state index contributed by atoms with van der Waals surface area (Å²) in [4.78, 5) is 2.32. The van der Waals surface area contributed by atoms with Crippen LogP contribution in [0.5, 0.6) is 0 Å². The minimum Gasteiger partial charge on any atom is -0.395 e. The van der Waals surface area contributed by atoms with E-state index in [1.807, 2.05) is 11.8 Å². The van der Waals surface area contributed by atoms with Gasteiger partial charge in [-0.1, -0.05) is 6.92 Å². The van der Waals surface area contributed by atoms with Crippen LogP contribution < -0.4 is 5.73 Å². The second kappa shape index (κ2) is 5.86. The van der Waals surface area contributed by atoms with Crippen LogP contribution in [0.15, 0.2) is 0 Å². The first-order valence-corrected chi connectivity index (χ1v) is 6.03. The summed E-state index contributed by atoms with van der Waals surface area (Å²) >= 11 is 2.04. The maximum Gasteiger partial charge on any atom is 0.0599 e. The highest BCUT2D eigenvalue weighted by Crippen LogP contribution is 2.22. The van der Waals surface area contributed by atoms with Gasteiger partial charge in [0, 0.05) is 36.7 Å². The summed E-state index contributed by atoms with van der Waals surface area (Å²) < 4.78 is 0. The Balaban J connectivity index is 2.40. The molecule has 0 radical (unpaired) electrons. The van der Waals surface area contributed by atoms with E-state index in [0.29, 0.717) is 6.54 Å². The molecule has 0 bridgehead atoms. The number of thioether (sulfide) groups is 1. The van der Waals surface area contributed by atoms with Crippen molar-refractivity contribution in [3.8, 4) is 0 Å². The van der Waals surface area contributed by atoms with Crippen molar-refractivity contribution in [3.63, 3.8) is 0 Å². The fraction of sp³-hybridized carbons (Fsp3) is 1.00. The fourth-order valence-corrected chi connectivity index (χ4v) is 2.87. The van der Waals surface area contributed by atoms with Crippen molar-refractivity contribution in [2.24, 2.45) is 5.73 Å². The van der Waals surface area contributed by atoms with E-state index in [1.54, 1.807) is 0 Å². The summed E-state index contributed by atoms with van der Waals surface area (Å²) in [6.45, 7) is 5.14. The average molecular weight is 204 g/mol. The lowest BCUT2D eigenvalue weighted by atomic mass is 10.2. The molecular weight excluding hydrogens is 184 g/mol. The molecule has 3 N–H and O–H groups in total. The highest BCUT2D eigenvalue weighted by molar-refractivity contribution is 8.00. The van der Waals surface area contributed by atoms with Crippen LogP contribution in [0.25, 0.3) is 0 Å². The minimum absolute atomic E-state index is 0.176. The van der Waals surface area contributed by atoms with Gasteiger partial charge in [0.15, 0.2) is 0 Å². The normalized spacial score (nSPS) is 27.5. The number of aliphatic hydroxyl groups excluding tert-OH is 1. The maximum absolute atomic E-state index is 9.11. The molecule has 2 unspecified atom stereocenters. The molecule has 1 rings (SSSR count). The summed E-state index contributed by atoms with van der Waals surface area (Å²) in [5.74, 6) is 1.18. The smallest absolute Gasteiger partial charge is 0.0599 e. The summed E-state index contributed by atoms with van der Waals surface area (Å²) in [5, 5.41) is 9.84. The molecule has 78 valence electrons. The van der Waals surface area contributed by atoms with Gasteiger partial charge in [-0.2, -0.15) is 11.8 Å². The van der Waals surface area contributed by atoms with Crippen molar-refractivity contribution in [2.45, 2.75) is 24.6 Å². The quantitative estimate of drug-likeness (QED) is 0.683. The van der Waals surface area contributed by atoms with E-state index in [-0.39, 0.29) is 12.6 Å². The molecule has 0 aromatic carbocycles. The molecule has 0 saturated carbocycles. The Labute approximate surface area is 84.7 Å². The van der Waals surface area contributed by atoms with Gasteiger partial charge in [-0.25, -0.2) is 0 Å². The molecule has 3 nitrogen and oxygen atoms in total. The van der Waals surface area contributed by atoms with Gasteiger partial charge >= 0.3 is 0 Å². The third-order valence-electron chi connectivity index (χ3n) is 2.62. The third kappa shape index (κ3) is 3.13. The Morgan fingerprint density at radius 2 is 2.46 bits per heavy atom. The molecule has 2 atom stereocenters. The molecule has 0 spiro atoms. The highest BCUT2D eigenvalue weighted by Gasteiger charge is 2.23. The lowest BCUT2D eigenvalue weighted by molar-refractivity contribution is 0.130. The largest absolute Gasteiger partial charge is 0.395 e. The van der Waals surface area contributed by atoms with Gasteiger partial charge in [0.2, 0.25) is 0 Å². The van der Waals surface area contributed by atoms with Gasteiger partial charge in [-0.3, -0.25) is 4.90 Å². The molecule has 0 aromatic rings. The zero-order valence-electron chi connectivity index (χ0n) is 8.28. The second-order valence-electron chi connectivity index (χ2n) is 3.47. The predicted octanol–water partition coefficient (Wildman–Crippen LogP) is 0.133. The van der Waals surface area contributed by atoms with Crippen LogP contribution in [-0.4, -0.2) is 53.3 Å². The van der Waals surface area contributed by atoms with Crippen LogP contribution in [0, 0.1) is 0 Å². The zero-order chi connectivity index (χ0) is 9.68. The van der Waals surface area contributed by atoms with E-state index in [4.69, 9.17) is 10.8 Å². The first-order valence-electron chi connectivity index (χ1n) is 4.98. The summed E-state index contributed by atoms with van der Waals surface area (Å²) in [5.41, 5.74) is 5.59. The molecule has 0 amide bonds. The van der Waals surface area contributed by atoms with Gasteiger partial charge in [0.1, 0.15) is 0 Å². The van der Waals surface area contributed by atoms with Crippen LogP contribution in [-0.2, 0) is 0 Å². The molecule has 1 fully saturated rings. The van der Waals surface area contributed by atoms with Crippen molar-refractivity contribution in [3.05, 3.63) is 0 Å². The number of nitrogens with zero attached hydrogens (tertiary/aromatic N) is 1. The Kier molecular flexibility index (Phi) is 5.09. The Bertz CT molecular complexity index is 142. The van der Waals surface area contributed by atoms with Gasteiger partial charge in [-0.15, -0.1) is 0 Å². The Morgan fingerprint density at radius 3 is 3.00 bits per heavy atom. The number of aliphatic hydroxyl groups is 1. The van der Waals surface area contributed by atoms with Crippen molar-refractivity contribution in [2.75, 3.05) is 32.0 Å². The lowest BCUT2D eigenvalue weighted by Gasteiger charge is -2.36. The monoisotopic (exact) mass is 204 g/mol. The van der Waals surface area contributed by atoms with E-state index >= 15 is 0 Å². The van der Waals surface area contributed by atoms with Crippen LogP contribution in [0.2, 0.25) is 0 Å². The van der Waals surface area contributed by atoms with E-state index < -0.39 is 0 Å². The summed E-state index contributed by atoms with van der Waals surface area (Å²) in [7, 11) is 0. The van der Waals surface area contributed by atoms with Crippen molar-refractivity contribution in [1.29, 1.82) is 0 Å². The number of rotatable bonds is 4. The van der Waals surface area contributed by atoms with Gasteiger partial charge < -0.3 is 10.8 Å². The molecular formula is C9H20N2OS. The second-order valence-corrected chi connectivity index (χ2v) is 4.88. The molecule has 13 heavy (non-hydrogen) atoms. The number of hydrogen-bond acceptors (Lipinski definition) is 4. The first-order chi connectivity index (χ1) is 6.31. The Hall–Kier alpha value is 0.230. The van der Waals surface area contributed by atoms with Gasteiger partial charge in [-0.05, 0) is 6.42 Å². The third-order valence-corrected chi connectivity index (χ3v) is 4.00. The van der Waals surface area contributed by atoms with Crippen LogP contribution in [0.3, 0.4) is 0 Å². The van der Waals surface area contributed by atoms with Crippen LogP contribution in [0.1, 0.15) is 13.3 Å². The molecule has 0 aromatic heterocycles. The van der Waals surface area contributed by atoms with E-state index in [1.165, 1.54) is 12.2 Å². The standard InChI is InChI=1S/C9H20N2OS/c1-2-9-6-11(3-4-13-9)8(5-10)7-12/h8-9,12H,2-7,10H2,1H3. The van der Waals surface area contributed by atoms with E-state index in [2.05, 4.69) is 11.8 Å². The molecule has 1 heterocycles. The zero-order valence-corrected chi connectivity index (χ0v) is 9.09. The molecule has 1 aliphatic heterocycles. The molecule has 1 saturated heterocycles. The first kappa shape index (κ1) is 11.3. The van der Waals surface area contributed by atoms with Crippen LogP contribution >= 0.6 is 11.8 Å². The van der Waals surface area contributed by atoms with Crippen molar-refractivity contribution in [1.82, 2.24) is 4.90 Å². The van der Waals surface area contributed by atoms with E-state index in [0.717, 1.165) is 18.3 Å². The van der Waals surface area contributed by atoms with Crippen LogP contribution in [0.4, 0.5) is 0 Å². The lowest BCUT2D eigenvalue weighted by Crippen LogP contribution is -2.49. The number of hydrogen-bond donors (Lipinski definition) is 2. The average Bonchev–Trinajstić information content (AvgIpc) is 2.20. The maximum atomic E-state index is 9.11. The van der Waals surface area contributed by atoms with Gasteiger partial charge in [0.25, 0.3) is 0 Å². The number of nitrogens with two attached hydrogens (primary N) is 1. The molecule has 1 aliphatic rings.